The van der Waals surface area contributed by atoms with E-state index in [2.05, 4.69) is 31.2 Å². The minimum Gasteiger partial charge on any atom is -0.387 e. The molecule has 2 heteroatoms. The first-order valence-electron chi connectivity index (χ1n) is 5.50. The van der Waals surface area contributed by atoms with Crippen LogP contribution in [0.4, 0.5) is 0 Å². The highest BCUT2D eigenvalue weighted by atomic mass is 16.5. The van der Waals surface area contributed by atoms with Crippen molar-refractivity contribution >= 4 is 0 Å². The second kappa shape index (κ2) is 3.95. The minimum atomic E-state index is -0.671. The molecule has 1 N–H and O–H groups in total. The Labute approximate surface area is 90.9 Å². The summed E-state index contributed by atoms with van der Waals surface area (Å²) in [5.41, 5.74) is 1.76. The van der Waals surface area contributed by atoms with Crippen molar-refractivity contribution in [3.63, 3.8) is 0 Å². The van der Waals surface area contributed by atoms with Gasteiger partial charge in [-0.15, -0.1) is 0 Å². The Kier molecular flexibility index (Phi) is 2.81. The lowest BCUT2D eigenvalue weighted by atomic mass is 9.89. The number of aryl methyl sites for hydroxylation is 1. The molecule has 2 unspecified atom stereocenters. The van der Waals surface area contributed by atoms with Gasteiger partial charge in [-0.1, -0.05) is 29.8 Å². The molecule has 1 saturated heterocycles. The summed E-state index contributed by atoms with van der Waals surface area (Å²) in [7, 11) is 0. The molecule has 0 bridgehead atoms. The fourth-order valence-electron chi connectivity index (χ4n) is 2.06. The lowest BCUT2D eigenvalue weighted by molar-refractivity contribution is -0.0268. The minimum absolute atomic E-state index is 0.0567. The largest absolute Gasteiger partial charge is 0.387 e. The topological polar surface area (TPSA) is 29.5 Å². The molecule has 82 valence electrons. The average Bonchev–Trinajstić information content (AvgIpc) is 2.51. The summed E-state index contributed by atoms with van der Waals surface area (Å²) in [6.07, 6.45) is 1.37. The zero-order chi connectivity index (χ0) is 10.9. The number of ether oxygens (including phenoxy) is 1. The number of hydrogen-bond donors (Lipinski definition) is 1. The van der Waals surface area contributed by atoms with Crippen molar-refractivity contribution in [2.45, 2.75) is 38.4 Å². The molecule has 1 aliphatic rings. The van der Waals surface area contributed by atoms with Gasteiger partial charge in [0.2, 0.25) is 0 Å². The molecule has 2 rings (SSSR count). The van der Waals surface area contributed by atoms with Crippen LogP contribution >= 0.6 is 0 Å². The summed E-state index contributed by atoms with van der Waals surface area (Å²) in [5, 5.41) is 10.4. The smallest absolute Gasteiger partial charge is 0.0967 e. The highest BCUT2D eigenvalue weighted by Gasteiger charge is 2.39. The molecule has 2 atom stereocenters. The maximum absolute atomic E-state index is 10.4. The first-order valence-corrected chi connectivity index (χ1v) is 5.50. The van der Waals surface area contributed by atoms with Crippen molar-refractivity contribution < 1.29 is 9.84 Å². The van der Waals surface area contributed by atoms with Gasteiger partial charge >= 0.3 is 0 Å². The van der Waals surface area contributed by atoms with Gasteiger partial charge in [0, 0.05) is 19.4 Å². The van der Waals surface area contributed by atoms with Crippen LogP contribution in [0.1, 0.15) is 24.5 Å². The Morgan fingerprint density at radius 2 is 2.07 bits per heavy atom. The summed E-state index contributed by atoms with van der Waals surface area (Å²) < 4.78 is 5.41. The quantitative estimate of drug-likeness (QED) is 0.802. The Balaban J connectivity index is 2.11. The van der Waals surface area contributed by atoms with Crippen LogP contribution in [0.25, 0.3) is 0 Å². The van der Waals surface area contributed by atoms with Gasteiger partial charge in [-0.2, -0.15) is 0 Å². The molecule has 1 aromatic rings. The summed E-state index contributed by atoms with van der Waals surface area (Å²) >= 11 is 0. The van der Waals surface area contributed by atoms with Crippen molar-refractivity contribution in [1.29, 1.82) is 0 Å². The molecule has 0 aromatic heterocycles. The maximum Gasteiger partial charge on any atom is 0.0967 e. The van der Waals surface area contributed by atoms with Crippen LogP contribution in [0, 0.1) is 6.92 Å². The number of hydrogen-bond acceptors (Lipinski definition) is 2. The molecular weight excluding hydrogens is 188 g/mol. The average molecular weight is 206 g/mol. The number of benzene rings is 1. The Bertz CT molecular complexity index is 331. The predicted octanol–water partition coefficient (Wildman–Crippen LogP) is 2.08. The van der Waals surface area contributed by atoms with Crippen LogP contribution in [-0.4, -0.2) is 23.4 Å². The van der Waals surface area contributed by atoms with Crippen molar-refractivity contribution in [2.24, 2.45) is 0 Å². The highest BCUT2D eigenvalue weighted by molar-refractivity contribution is 5.23. The van der Waals surface area contributed by atoms with Crippen LogP contribution < -0.4 is 0 Å². The van der Waals surface area contributed by atoms with E-state index in [4.69, 9.17) is 4.74 Å². The summed E-state index contributed by atoms with van der Waals surface area (Å²) in [6.45, 7) is 4.69. The van der Waals surface area contributed by atoms with Gasteiger partial charge in [-0.05, 0) is 19.4 Å². The standard InChI is InChI=1S/C13H18O2/c1-10-3-5-12(6-4-10)9-13(14)7-8-15-11(13)2/h3-6,11,14H,7-9H2,1-2H3. The van der Waals surface area contributed by atoms with Crippen LogP contribution in [0.15, 0.2) is 24.3 Å². The van der Waals surface area contributed by atoms with Gasteiger partial charge < -0.3 is 9.84 Å². The van der Waals surface area contributed by atoms with Crippen molar-refractivity contribution in [3.05, 3.63) is 35.4 Å². The third-order valence-electron chi connectivity index (χ3n) is 3.29. The summed E-state index contributed by atoms with van der Waals surface area (Å²) in [6, 6.07) is 8.33. The van der Waals surface area contributed by atoms with Gasteiger partial charge in [0.25, 0.3) is 0 Å². The van der Waals surface area contributed by atoms with E-state index >= 15 is 0 Å². The molecule has 0 amide bonds. The molecule has 15 heavy (non-hydrogen) atoms. The lowest BCUT2D eigenvalue weighted by Crippen LogP contribution is -2.38. The molecule has 0 saturated carbocycles. The van der Waals surface area contributed by atoms with Gasteiger partial charge in [0.1, 0.15) is 0 Å². The fraction of sp³-hybridized carbons (Fsp3) is 0.538. The van der Waals surface area contributed by atoms with Gasteiger partial charge in [0.15, 0.2) is 0 Å². The summed E-state index contributed by atoms with van der Waals surface area (Å²) in [5.74, 6) is 0. The SMILES string of the molecule is Cc1ccc(CC2(O)CCOC2C)cc1. The van der Waals surface area contributed by atoms with Crippen LogP contribution in [-0.2, 0) is 11.2 Å². The van der Waals surface area contributed by atoms with Crippen molar-refractivity contribution in [1.82, 2.24) is 0 Å². The van der Waals surface area contributed by atoms with E-state index in [1.54, 1.807) is 0 Å². The predicted molar refractivity (Wildman–Crippen MR) is 59.9 cm³/mol. The molecule has 0 radical (unpaired) electrons. The van der Waals surface area contributed by atoms with Gasteiger partial charge in [-0.3, -0.25) is 0 Å². The molecular formula is C13H18O2. The first kappa shape index (κ1) is 10.7. The van der Waals surface area contributed by atoms with Crippen molar-refractivity contribution in [2.75, 3.05) is 6.61 Å². The van der Waals surface area contributed by atoms with E-state index in [9.17, 15) is 5.11 Å². The Hall–Kier alpha value is -0.860. The zero-order valence-corrected chi connectivity index (χ0v) is 9.36. The maximum atomic E-state index is 10.4. The van der Waals surface area contributed by atoms with E-state index in [1.807, 2.05) is 6.92 Å². The second-order valence-electron chi connectivity index (χ2n) is 4.53. The molecule has 1 fully saturated rings. The van der Waals surface area contributed by atoms with E-state index < -0.39 is 5.60 Å². The number of aliphatic hydroxyl groups is 1. The molecule has 1 aromatic carbocycles. The first-order chi connectivity index (χ1) is 7.10. The third kappa shape index (κ3) is 2.21. The molecule has 0 spiro atoms. The highest BCUT2D eigenvalue weighted by Crippen LogP contribution is 2.29. The van der Waals surface area contributed by atoms with Crippen molar-refractivity contribution in [3.8, 4) is 0 Å². The second-order valence-corrected chi connectivity index (χ2v) is 4.53. The van der Waals surface area contributed by atoms with Crippen LogP contribution in [0.3, 0.4) is 0 Å². The molecule has 2 nitrogen and oxygen atoms in total. The Morgan fingerprint density at radius 1 is 1.40 bits per heavy atom. The molecule has 1 heterocycles. The normalized spacial score (nSPS) is 30.7. The third-order valence-corrected chi connectivity index (χ3v) is 3.29. The lowest BCUT2D eigenvalue weighted by Gasteiger charge is -2.26. The van der Waals surface area contributed by atoms with E-state index in [0.29, 0.717) is 13.0 Å². The van der Waals surface area contributed by atoms with E-state index in [1.165, 1.54) is 11.1 Å². The van der Waals surface area contributed by atoms with Crippen LogP contribution in [0.5, 0.6) is 0 Å². The summed E-state index contributed by atoms with van der Waals surface area (Å²) in [4.78, 5) is 0. The zero-order valence-electron chi connectivity index (χ0n) is 9.36. The van der Waals surface area contributed by atoms with E-state index in [-0.39, 0.29) is 6.10 Å². The fourth-order valence-corrected chi connectivity index (χ4v) is 2.06. The molecule has 0 aliphatic carbocycles. The van der Waals surface area contributed by atoms with Crippen LogP contribution in [0.2, 0.25) is 0 Å². The molecule has 1 aliphatic heterocycles. The number of rotatable bonds is 2. The monoisotopic (exact) mass is 206 g/mol. The van der Waals surface area contributed by atoms with E-state index in [0.717, 1.165) is 6.42 Å². The van der Waals surface area contributed by atoms with Gasteiger partial charge in [0.05, 0.1) is 11.7 Å². The Morgan fingerprint density at radius 3 is 2.60 bits per heavy atom. The van der Waals surface area contributed by atoms with Gasteiger partial charge in [-0.25, -0.2) is 0 Å².